The summed E-state index contributed by atoms with van der Waals surface area (Å²) in [5.41, 5.74) is 3.41. The summed E-state index contributed by atoms with van der Waals surface area (Å²) in [4.78, 5) is 16.5. The second kappa shape index (κ2) is 9.00. The minimum atomic E-state index is 0.0727. The Labute approximate surface area is 157 Å². The summed E-state index contributed by atoms with van der Waals surface area (Å²) < 4.78 is 0. The minimum absolute atomic E-state index is 0.0727. The van der Waals surface area contributed by atoms with Gasteiger partial charge in [-0.25, -0.2) is 0 Å². The van der Waals surface area contributed by atoms with Crippen molar-refractivity contribution in [2.45, 2.75) is 44.7 Å². The number of amides is 1. The summed E-state index contributed by atoms with van der Waals surface area (Å²) in [5, 5.41) is 0. The normalized spacial score (nSPS) is 14.7. The van der Waals surface area contributed by atoms with Gasteiger partial charge in [-0.3, -0.25) is 9.69 Å². The van der Waals surface area contributed by atoms with Gasteiger partial charge in [0.1, 0.15) is 0 Å². The van der Waals surface area contributed by atoms with E-state index in [1.165, 1.54) is 36.8 Å². The average Bonchev–Trinajstić information content (AvgIpc) is 3.20. The van der Waals surface area contributed by atoms with Crippen molar-refractivity contribution in [2.75, 3.05) is 20.6 Å². The Bertz CT molecular complexity index is 705. The van der Waals surface area contributed by atoms with E-state index in [1.807, 2.05) is 12.1 Å². The molecule has 0 unspecified atom stereocenters. The van der Waals surface area contributed by atoms with E-state index in [-0.39, 0.29) is 5.91 Å². The van der Waals surface area contributed by atoms with E-state index in [9.17, 15) is 4.79 Å². The maximum atomic E-state index is 12.3. The zero-order chi connectivity index (χ0) is 18.4. The van der Waals surface area contributed by atoms with Gasteiger partial charge in [0, 0.05) is 38.8 Å². The molecule has 0 bridgehead atoms. The number of hydrogen-bond donors (Lipinski definition) is 0. The first-order valence-electron chi connectivity index (χ1n) is 9.72. The van der Waals surface area contributed by atoms with Crippen molar-refractivity contribution < 1.29 is 4.79 Å². The van der Waals surface area contributed by atoms with Crippen molar-refractivity contribution >= 4 is 5.91 Å². The fourth-order valence-electron chi connectivity index (χ4n) is 3.87. The quantitative estimate of drug-likeness (QED) is 0.740. The molecular formula is C23H30N2O. The Morgan fingerprint density at radius 1 is 0.962 bits per heavy atom. The SMILES string of the molecule is CN(C)C(=O)c1cccc(CN(CCc2ccccc2)C2CCCC2)c1. The molecule has 0 N–H and O–H groups in total. The highest BCUT2D eigenvalue weighted by Crippen LogP contribution is 2.25. The summed E-state index contributed by atoms with van der Waals surface area (Å²) in [6.45, 7) is 1.99. The van der Waals surface area contributed by atoms with Crippen LogP contribution in [0.5, 0.6) is 0 Å². The Balaban J connectivity index is 1.71. The topological polar surface area (TPSA) is 23.6 Å². The molecule has 3 heteroatoms. The maximum absolute atomic E-state index is 12.3. The van der Waals surface area contributed by atoms with Gasteiger partial charge in [-0.05, 0) is 42.5 Å². The molecule has 0 aliphatic heterocycles. The molecule has 1 fully saturated rings. The van der Waals surface area contributed by atoms with Gasteiger partial charge < -0.3 is 4.90 Å². The lowest BCUT2D eigenvalue weighted by atomic mass is 10.1. The Kier molecular flexibility index (Phi) is 6.45. The van der Waals surface area contributed by atoms with Crippen molar-refractivity contribution in [3.63, 3.8) is 0 Å². The molecule has 0 atom stereocenters. The molecular weight excluding hydrogens is 320 g/mol. The van der Waals surface area contributed by atoms with Crippen LogP contribution in [0.25, 0.3) is 0 Å². The van der Waals surface area contributed by atoms with Crippen molar-refractivity contribution in [3.8, 4) is 0 Å². The molecule has 1 saturated carbocycles. The number of carbonyl (C=O) groups is 1. The molecule has 0 aromatic heterocycles. The van der Waals surface area contributed by atoms with Crippen molar-refractivity contribution in [2.24, 2.45) is 0 Å². The molecule has 0 heterocycles. The molecule has 26 heavy (non-hydrogen) atoms. The molecule has 0 spiro atoms. The predicted octanol–water partition coefficient (Wildman–Crippen LogP) is 4.38. The van der Waals surface area contributed by atoms with Gasteiger partial charge in [0.2, 0.25) is 0 Å². The van der Waals surface area contributed by atoms with Crippen LogP contribution >= 0.6 is 0 Å². The Morgan fingerprint density at radius 3 is 2.35 bits per heavy atom. The smallest absolute Gasteiger partial charge is 0.253 e. The van der Waals surface area contributed by atoms with Crippen LogP contribution in [0.4, 0.5) is 0 Å². The molecule has 1 aliphatic carbocycles. The summed E-state index contributed by atoms with van der Waals surface area (Å²) in [7, 11) is 3.61. The maximum Gasteiger partial charge on any atom is 0.253 e. The molecule has 1 aliphatic rings. The lowest BCUT2D eigenvalue weighted by Crippen LogP contribution is -2.34. The van der Waals surface area contributed by atoms with Crippen molar-refractivity contribution in [1.82, 2.24) is 9.80 Å². The van der Waals surface area contributed by atoms with Crippen LogP contribution in [-0.2, 0) is 13.0 Å². The minimum Gasteiger partial charge on any atom is -0.345 e. The molecule has 2 aromatic rings. The molecule has 0 saturated heterocycles. The third kappa shape index (κ3) is 4.95. The summed E-state index contributed by atoms with van der Waals surface area (Å²) in [5.74, 6) is 0.0727. The van der Waals surface area contributed by atoms with Crippen LogP contribution in [0.1, 0.15) is 47.2 Å². The highest BCUT2D eigenvalue weighted by Gasteiger charge is 2.22. The number of nitrogens with zero attached hydrogens (tertiary/aromatic N) is 2. The van der Waals surface area contributed by atoms with E-state index >= 15 is 0 Å². The van der Waals surface area contributed by atoms with E-state index in [4.69, 9.17) is 0 Å². The zero-order valence-corrected chi connectivity index (χ0v) is 16.0. The van der Waals surface area contributed by atoms with Gasteiger partial charge in [-0.1, -0.05) is 55.3 Å². The van der Waals surface area contributed by atoms with Gasteiger partial charge >= 0.3 is 0 Å². The van der Waals surface area contributed by atoms with Crippen molar-refractivity contribution in [1.29, 1.82) is 0 Å². The fourth-order valence-corrected chi connectivity index (χ4v) is 3.87. The molecule has 138 valence electrons. The highest BCUT2D eigenvalue weighted by molar-refractivity contribution is 5.94. The van der Waals surface area contributed by atoms with E-state index in [1.54, 1.807) is 19.0 Å². The van der Waals surface area contributed by atoms with Crippen LogP contribution in [-0.4, -0.2) is 42.4 Å². The van der Waals surface area contributed by atoms with Crippen LogP contribution in [0.2, 0.25) is 0 Å². The number of rotatable bonds is 7. The second-order valence-electron chi connectivity index (χ2n) is 7.54. The highest BCUT2D eigenvalue weighted by atomic mass is 16.2. The van der Waals surface area contributed by atoms with Crippen LogP contribution in [0.3, 0.4) is 0 Å². The first-order chi connectivity index (χ1) is 12.6. The monoisotopic (exact) mass is 350 g/mol. The van der Waals surface area contributed by atoms with E-state index in [0.717, 1.165) is 25.1 Å². The number of carbonyl (C=O) groups excluding carboxylic acids is 1. The molecule has 3 nitrogen and oxygen atoms in total. The molecule has 0 radical (unpaired) electrons. The summed E-state index contributed by atoms with van der Waals surface area (Å²) >= 11 is 0. The summed E-state index contributed by atoms with van der Waals surface area (Å²) in [6.07, 6.45) is 6.35. The van der Waals surface area contributed by atoms with Gasteiger partial charge in [-0.2, -0.15) is 0 Å². The summed E-state index contributed by atoms with van der Waals surface area (Å²) in [6, 6.07) is 19.5. The first kappa shape index (κ1) is 18.7. The third-order valence-corrected chi connectivity index (χ3v) is 5.34. The van der Waals surface area contributed by atoms with Crippen LogP contribution in [0, 0.1) is 0 Å². The largest absolute Gasteiger partial charge is 0.345 e. The fraction of sp³-hybridized carbons (Fsp3) is 0.435. The van der Waals surface area contributed by atoms with Crippen LogP contribution in [0.15, 0.2) is 54.6 Å². The Hall–Kier alpha value is -2.13. The lowest BCUT2D eigenvalue weighted by Gasteiger charge is -2.29. The van der Waals surface area contributed by atoms with E-state index in [0.29, 0.717) is 6.04 Å². The number of benzene rings is 2. The van der Waals surface area contributed by atoms with Gasteiger partial charge in [0.25, 0.3) is 5.91 Å². The lowest BCUT2D eigenvalue weighted by molar-refractivity contribution is 0.0827. The van der Waals surface area contributed by atoms with Crippen molar-refractivity contribution in [3.05, 3.63) is 71.3 Å². The Morgan fingerprint density at radius 2 is 1.65 bits per heavy atom. The van der Waals surface area contributed by atoms with E-state index in [2.05, 4.69) is 47.4 Å². The van der Waals surface area contributed by atoms with Crippen LogP contribution < -0.4 is 0 Å². The first-order valence-corrected chi connectivity index (χ1v) is 9.72. The second-order valence-corrected chi connectivity index (χ2v) is 7.54. The molecule has 2 aromatic carbocycles. The third-order valence-electron chi connectivity index (χ3n) is 5.34. The standard InChI is InChI=1S/C23H30N2O/c1-24(2)23(26)21-12-8-11-20(17-21)18-25(22-13-6-7-14-22)16-15-19-9-4-3-5-10-19/h3-5,8-12,17,22H,6-7,13-16,18H2,1-2H3. The van der Waals surface area contributed by atoms with E-state index < -0.39 is 0 Å². The zero-order valence-electron chi connectivity index (χ0n) is 16.0. The average molecular weight is 351 g/mol. The van der Waals surface area contributed by atoms with Gasteiger partial charge in [0.05, 0.1) is 0 Å². The molecule has 3 rings (SSSR count). The molecule has 1 amide bonds. The predicted molar refractivity (Wildman–Crippen MR) is 107 cm³/mol. The number of hydrogen-bond acceptors (Lipinski definition) is 2. The van der Waals surface area contributed by atoms with Gasteiger partial charge in [0.15, 0.2) is 0 Å². The van der Waals surface area contributed by atoms with Gasteiger partial charge in [-0.15, -0.1) is 0 Å².